The molecule has 0 saturated carbocycles. The first-order valence-corrected chi connectivity index (χ1v) is 10.8. The maximum absolute atomic E-state index is 14.6. The number of ether oxygens (including phenoxy) is 1. The lowest BCUT2D eigenvalue weighted by Crippen LogP contribution is -2.38. The molecule has 1 atom stereocenters. The highest BCUT2D eigenvalue weighted by Gasteiger charge is 2.36. The summed E-state index contributed by atoms with van der Waals surface area (Å²) in [5.74, 6) is 0.0816. The van der Waals surface area contributed by atoms with Gasteiger partial charge in [0.15, 0.2) is 5.78 Å². The maximum Gasteiger partial charge on any atom is 0.189 e. The summed E-state index contributed by atoms with van der Waals surface area (Å²) in [5, 5.41) is 5.07. The van der Waals surface area contributed by atoms with Gasteiger partial charge in [0, 0.05) is 0 Å². The largest absolute Gasteiger partial charge is 0.496 e. The summed E-state index contributed by atoms with van der Waals surface area (Å²) in [6.45, 7) is 0. The third-order valence-corrected chi connectivity index (χ3v) is 6.38. The highest BCUT2D eigenvalue weighted by molar-refractivity contribution is 6.13. The van der Waals surface area contributed by atoms with Crippen LogP contribution in [-0.2, 0) is 12.8 Å². The number of methoxy groups -OCH3 is 1. The van der Waals surface area contributed by atoms with E-state index < -0.39 is 6.04 Å². The molecule has 0 radical (unpaired) electrons. The third kappa shape index (κ3) is 3.62. The van der Waals surface area contributed by atoms with E-state index in [2.05, 4.69) is 17.4 Å². The molecule has 160 valence electrons. The minimum atomic E-state index is -0.598. The fourth-order valence-corrected chi connectivity index (χ4v) is 4.80. The molecule has 1 unspecified atom stereocenters. The number of halogens is 1. The summed E-state index contributed by atoms with van der Waals surface area (Å²) in [5.41, 5.74) is 3.36. The number of Topliss-reactive ketones (excluding diaryl/α,β-unsaturated/α-hetero) is 1. The van der Waals surface area contributed by atoms with Crippen molar-refractivity contribution in [2.75, 3.05) is 12.4 Å². The normalized spacial score (nSPS) is 14.2. The minimum absolute atomic E-state index is 0.00295. The number of rotatable bonds is 6. The van der Waals surface area contributed by atoms with Crippen LogP contribution in [0.25, 0.3) is 10.8 Å². The van der Waals surface area contributed by atoms with Crippen molar-refractivity contribution in [3.8, 4) is 5.75 Å². The molecule has 4 aromatic rings. The van der Waals surface area contributed by atoms with Crippen molar-refractivity contribution >= 4 is 22.2 Å². The van der Waals surface area contributed by atoms with Crippen LogP contribution < -0.4 is 10.1 Å². The molecule has 0 amide bonds. The first-order chi connectivity index (χ1) is 15.7. The Hall–Kier alpha value is -3.66. The Balaban J connectivity index is 1.60. The van der Waals surface area contributed by atoms with Gasteiger partial charge in [0.05, 0.1) is 24.4 Å². The van der Waals surface area contributed by atoms with Gasteiger partial charge in [-0.25, -0.2) is 4.39 Å². The predicted octanol–water partition coefficient (Wildman–Crippen LogP) is 6.07. The van der Waals surface area contributed by atoms with E-state index in [-0.39, 0.29) is 17.5 Å². The summed E-state index contributed by atoms with van der Waals surface area (Å²) in [7, 11) is 1.58. The van der Waals surface area contributed by atoms with Crippen LogP contribution in [0.4, 0.5) is 10.1 Å². The minimum Gasteiger partial charge on any atom is -0.496 e. The number of para-hydroxylation sites is 1. The zero-order valence-electron chi connectivity index (χ0n) is 17.8. The molecule has 1 aliphatic rings. The number of carbonyl (C=O) groups excluding carboxylic acids is 1. The Kier molecular flexibility index (Phi) is 5.36. The van der Waals surface area contributed by atoms with Crippen LogP contribution in [0.15, 0.2) is 84.9 Å². The molecule has 0 fully saturated rings. The average molecular weight is 426 g/mol. The van der Waals surface area contributed by atoms with Crippen LogP contribution in [-0.4, -0.2) is 18.9 Å². The number of ketones is 1. The number of fused-ring (bicyclic) bond motifs is 2. The molecule has 5 rings (SSSR count). The first kappa shape index (κ1) is 20.3. The SMILES string of the molecule is COc1ccc2ccccc2c1C(=O)C(Nc1ccccc1F)C1Cc2ccccc2C1. The van der Waals surface area contributed by atoms with E-state index in [9.17, 15) is 9.18 Å². The van der Waals surface area contributed by atoms with Crippen LogP contribution in [0.5, 0.6) is 5.75 Å². The molecule has 0 spiro atoms. The van der Waals surface area contributed by atoms with Gasteiger partial charge in [-0.05, 0) is 58.9 Å². The van der Waals surface area contributed by atoms with Gasteiger partial charge in [0.1, 0.15) is 11.6 Å². The van der Waals surface area contributed by atoms with Gasteiger partial charge in [-0.15, -0.1) is 0 Å². The van der Waals surface area contributed by atoms with Crippen molar-refractivity contribution < 1.29 is 13.9 Å². The molecule has 1 aliphatic carbocycles. The van der Waals surface area contributed by atoms with E-state index in [4.69, 9.17) is 4.74 Å². The molecular weight excluding hydrogens is 401 g/mol. The molecule has 0 bridgehead atoms. The number of anilines is 1. The molecule has 4 aromatic carbocycles. The molecule has 1 N–H and O–H groups in total. The van der Waals surface area contributed by atoms with Crippen molar-refractivity contribution in [2.24, 2.45) is 5.92 Å². The lowest BCUT2D eigenvalue weighted by molar-refractivity contribution is 0.0943. The van der Waals surface area contributed by atoms with E-state index >= 15 is 0 Å². The van der Waals surface area contributed by atoms with Crippen molar-refractivity contribution in [1.82, 2.24) is 0 Å². The molecule has 0 heterocycles. The zero-order valence-corrected chi connectivity index (χ0v) is 17.8. The second kappa shape index (κ2) is 8.46. The summed E-state index contributed by atoms with van der Waals surface area (Å²) in [6, 6.07) is 25.8. The lowest BCUT2D eigenvalue weighted by atomic mass is 9.87. The molecule has 4 heteroatoms. The van der Waals surface area contributed by atoms with Crippen LogP contribution in [0.3, 0.4) is 0 Å². The van der Waals surface area contributed by atoms with Gasteiger partial charge >= 0.3 is 0 Å². The summed E-state index contributed by atoms with van der Waals surface area (Å²) in [6.07, 6.45) is 1.53. The van der Waals surface area contributed by atoms with Crippen LogP contribution in [0.1, 0.15) is 21.5 Å². The molecular formula is C28H24FNO2. The van der Waals surface area contributed by atoms with Gasteiger partial charge in [-0.1, -0.05) is 66.7 Å². The average Bonchev–Trinajstić information content (AvgIpc) is 3.26. The highest BCUT2D eigenvalue weighted by Crippen LogP contribution is 2.35. The van der Waals surface area contributed by atoms with E-state index in [0.29, 0.717) is 17.0 Å². The van der Waals surface area contributed by atoms with Crippen molar-refractivity contribution in [2.45, 2.75) is 18.9 Å². The molecule has 3 nitrogen and oxygen atoms in total. The number of carbonyl (C=O) groups is 1. The Morgan fingerprint density at radius 1 is 0.906 bits per heavy atom. The standard InChI is InChI=1S/C28H24FNO2/c1-32-25-15-14-18-8-4-5-11-22(18)26(25)28(31)27(30-24-13-7-6-12-23(24)29)21-16-19-9-2-3-10-20(19)17-21/h2-15,21,27,30H,16-17H2,1H3. The topological polar surface area (TPSA) is 38.3 Å². The summed E-state index contributed by atoms with van der Waals surface area (Å²) >= 11 is 0. The molecule has 0 aromatic heterocycles. The first-order valence-electron chi connectivity index (χ1n) is 10.8. The second-order valence-corrected chi connectivity index (χ2v) is 8.27. The molecule has 0 saturated heterocycles. The fourth-order valence-electron chi connectivity index (χ4n) is 4.80. The van der Waals surface area contributed by atoms with E-state index in [1.165, 1.54) is 17.2 Å². The van der Waals surface area contributed by atoms with Gasteiger partial charge in [-0.2, -0.15) is 0 Å². The fraction of sp³-hybridized carbons (Fsp3) is 0.179. The van der Waals surface area contributed by atoms with Crippen LogP contribution in [0, 0.1) is 11.7 Å². The number of hydrogen-bond acceptors (Lipinski definition) is 3. The van der Waals surface area contributed by atoms with Gasteiger partial charge in [-0.3, -0.25) is 4.79 Å². The summed E-state index contributed by atoms with van der Waals surface area (Å²) in [4.78, 5) is 14.1. The Morgan fingerprint density at radius 2 is 1.56 bits per heavy atom. The molecule has 0 aliphatic heterocycles. The number of hydrogen-bond donors (Lipinski definition) is 1. The van der Waals surface area contributed by atoms with Crippen molar-refractivity contribution in [3.05, 3.63) is 107 Å². The zero-order chi connectivity index (χ0) is 22.1. The van der Waals surface area contributed by atoms with Gasteiger partial charge in [0.25, 0.3) is 0 Å². The quantitative estimate of drug-likeness (QED) is 0.381. The van der Waals surface area contributed by atoms with Crippen LogP contribution in [0.2, 0.25) is 0 Å². The lowest BCUT2D eigenvalue weighted by Gasteiger charge is -2.26. The second-order valence-electron chi connectivity index (χ2n) is 8.27. The van der Waals surface area contributed by atoms with Gasteiger partial charge in [0.2, 0.25) is 0 Å². The molecule has 32 heavy (non-hydrogen) atoms. The van der Waals surface area contributed by atoms with Crippen molar-refractivity contribution in [3.63, 3.8) is 0 Å². The Morgan fingerprint density at radius 3 is 2.28 bits per heavy atom. The predicted molar refractivity (Wildman–Crippen MR) is 126 cm³/mol. The third-order valence-electron chi connectivity index (χ3n) is 6.38. The number of benzene rings is 4. The Bertz CT molecular complexity index is 1270. The highest BCUT2D eigenvalue weighted by atomic mass is 19.1. The summed E-state index contributed by atoms with van der Waals surface area (Å²) < 4.78 is 20.2. The maximum atomic E-state index is 14.6. The van der Waals surface area contributed by atoms with Gasteiger partial charge < -0.3 is 10.1 Å². The monoisotopic (exact) mass is 425 g/mol. The number of nitrogens with one attached hydrogen (secondary N) is 1. The van der Waals surface area contributed by atoms with Crippen molar-refractivity contribution in [1.29, 1.82) is 0 Å². The van der Waals surface area contributed by atoms with E-state index in [0.717, 1.165) is 23.6 Å². The Labute approximate surface area is 186 Å². The van der Waals surface area contributed by atoms with E-state index in [1.807, 2.05) is 48.5 Å². The van der Waals surface area contributed by atoms with Crippen LogP contribution >= 0.6 is 0 Å². The van der Waals surface area contributed by atoms with E-state index in [1.54, 1.807) is 25.3 Å². The smallest absolute Gasteiger partial charge is 0.189 e.